The van der Waals surface area contributed by atoms with E-state index in [1.54, 1.807) is 0 Å². The fourth-order valence-electron chi connectivity index (χ4n) is 2.10. The Morgan fingerprint density at radius 1 is 1.32 bits per heavy atom. The number of amides is 1. The minimum absolute atomic E-state index is 0.0985. The summed E-state index contributed by atoms with van der Waals surface area (Å²) in [5.41, 5.74) is 2.39. The van der Waals surface area contributed by atoms with Gasteiger partial charge in [0.1, 0.15) is 0 Å². The number of nitrogens with one attached hydrogen (secondary N) is 3. The summed E-state index contributed by atoms with van der Waals surface area (Å²) in [5.74, 6) is 0.0985. The molecule has 0 spiro atoms. The lowest BCUT2D eigenvalue weighted by Crippen LogP contribution is -2.32. The van der Waals surface area contributed by atoms with Crippen LogP contribution in [0.4, 0.5) is 0 Å². The Bertz CT molecular complexity index is 545. The fourth-order valence-corrected chi connectivity index (χ4v) is 2.10. The molecule has 1 aromatic carbocycles. The number of hydrogen-bond acceptors (Lipinski definition) is 2. The smallest absolute Gasteiger partial charge is 0.221 e. The van der Waals surface area contributed by atoms with Crippen molar-refractivity contribution in [3.63, 3.8) is 0 Å². The van der Waals surface area contributed by atoms with E-state index in [9.17, 15) is 4.79 Å². The first-order valence-corrected chi connectivity index (χ1v) is 6.72. The lowest BCUT2D eigenvalue weighted by molar-refractivity contribution is -0.121. The highest BCUT2D eigenvalue weighted by atomic mass is 16.1. The molecule has 2 aromatic rings. The van der Waals surface area contributed by atoms with Crippen molar-refractivity contribution in [2.45, 2.75) is 32.9 Å². The second-order valence-corrected chi connectivity index (χ2v) is 5.01. The second kappa shape index (κ2) is 6.38. The minimum Gasteiger partial charge on any atom is -0.361 e. The zero-order valence-electron chi connectivity index (χ0n) is 11.5. The molecule has 1 amide bonds. The molecule has 0 bridgehead atoms. The molecule has 0 fully saturated rings. The van der Waals surface area contributed by atoms with Gasteiger partial charge in [-0.2, -0.15) is 0 Å². The second-order valence-electron chi connectivity index (χ2n) is 5.01. The van der Waals surface area contributed by atoms with Gasteiger partial charge >= 0.3 is 0 Å². The molecule has 0 aliphatic carbocycles. The molecule has 0 aliphatic rings. The first kappa shape index (κ1) is 13.6. The summed E-state index contributed by atoms with van der Waals surface area (Å²) >= 11 is 0. The third-order valence-electron chi connectivity index (χ3n) is 2.97. The van der Waals surface area contributed by atoms with E-state index in [2.05, 4.69) is 27.8 Å². The molecule has 0 saturated carbocycles. The maximum atomic E-state index is 11.5. The Morgan fingerprint density at radius 2 is 2.11 bits per heavy atom. The summed E-state index contributed by atoms with van der Waals surface area (Å²) in [6.07, 6.45) is 2.53. The molecule has 102 valence electrons. The normalized spacial score (nSPS) is 11.1. The van der Waals surface area contributed by atoms with E-state index >= 15 is 0 Å². The van der Waals surface area contributed by atoms with Crippen LogP contribution in [0.25, 0.3) is 10.9 Å². The van der Waals surface area contributed by atoms with Crippen LogP contribution in [0.1, 0.15) is 25.8 Å². The molecule has 1 heterocycles. The number of carbonyl (C=O) groups excluding carboxylic acids is 1. The number of aromatic nitrogens is 1. The summed E-state index contributed by atoms with van der Waals surface area (Å²) in [4.78, 5) is 14.7. The van der Waals surface area contributed by atoms with Gasteiger partial charge in [0.2, 0.25) is 5.91 Å². The van der Waals surface area contributed by atoms with Crippen LogP contribution in [-0.4, -0.2) is 23.5 Å². The van der Waals surface area contributed by atoms with Gasteiger partial charge in [0.25, 0.3) is 0 Å². The number of fused-ring (bicyclic) bond motifs is 1. The summed E-state index contributed by atoms with van der Waals surface area (Å²) in [6.45, 7) is 5.41. The standard InChI is InChI=1S/C15H21N3O/c1-11(2)18-15(19)7-8-16-9-12-10-17-14-6-4-3-5-13(12)14/h3-6,10-11,16-17H,7-9H2,1-2H3,(H,18,19). The van der Waals surface area contributed by atoms with E-state index in [1.807, 2.05) is 32.2 Å². The number of benzene rings is 1. The largest absolute Gasteiger partial charge is 0.361 e. The highest BCUT2D eigenvalue weighted by Crippen LogP contribution is 2.17. The van der Waals surface area contributed by atoms with E-state index in [1.165, 1.54) is 10.9 Å². The van der Waals surface area contributed by atoms with Crippen molar-refractivity contribution < 1.29 is 4.79 Å². The summed E-state index contributed by atoms with van der Waals surface area (Å²) < 4.78 is 0. The first-order valence-electron chi connectivity index (χ1n) is 6.72. The number of H-pyrrole nitrogens is 1. The van der Waals surface area contributed by atoms with Gasteiger partial charge in [0, 0.05) is 42.7 Å². The molecule has 0 unspecified atom stereocenters. The van der Waals surface area contributed by atoms with Crippen molar-refractivity contribution in [1.82, 2.24) is 15.6 Å². The predicted octanol–water partition coefficient (Wildman–Crippen LogP) is 2.17. The van der Waals surface area contributed by atoms with E-state index in [-0.39, 0.29) is 11.9 Å². The third-order valence-corrected chi connectivity index (χ3v) is 2.97. The third kappa shape index (κ3) is 3.83. The summed E-state index contributed by atoms with van der Waals surface area (Å²) in [6, 6.07) is 8.44. The SMILES string of the molecule is CC(C)NC(=O)CCNCc1c[nH]c2ccccc12. The summed E-state index contributed by atoms with van der Waals surface area (Å²) in [7, 11) is 0. The van der Waals surface area contributed by atoms with Gasteiger partial charge in [-0.3, -0.25) is 4.79 Å². The van der Waals surface area contributed by atoms with Gasteiger partial charge in [-0.05, 0) is 25.5 Å². The molecule has 3 N–H and O–H groups in total. The average molecular weight is 259 g/mol. The van der Waals surface area contributed by atoms with Gasteiger partial charge in [0.15, 0.2) is 0 Å². The molecule has 4 nitrogen and oxygen atoms in total. The highest BCUT2D eigenvalue weighted by molar-refractivity contribution is 5.83. The summed E-state index contributed by atoms with van der Waals surface area (Å²) in [5, 5.41) is 7.42. The molecular formula is C15H21N3O. The topological polar surface area (TPSA) is 56.9 Å². The molecule has 0 radical (unpaired) electrons. The Balaban J connectivity index is 1.78. The molecule has 0 saturated heterocycles. The number of para-hydroxylation sites is 1. The molecule has 19 heavy (non-hydrogen) atoms. The van der Waals surface area contributed by atoms with Gasteiger partial charge in [0.05, 0.1) is 0 Å². The number of aromatic amines is 1. The Morgan fingerprint density at radius 3 is 2.89 bits per heavy atom. The Kier molecular flexibility index (Phi) is 4.58. The van der Waals surface area contributed by atoms with Crippen molar-refractivity contribution >= 4 is 16.8 Å². The quantitative estimate of drug-likeness (QED) is 0.696. The van der Waals surface area contributed by atoms with Crippen molar-refractivity contribution in [1.29, 1.82) is 0 Å². The zero-order chi connectivity index (χ0) is 13.7. The van der Waals surface area contributed by atoms with E-state index in [0.717, 1.165) is 12.1 Å². The van der Waals surface area contributed by atoms with Crippen LogP contribution in [-0.2, 0) is 11.3 Å². The van der Waals surface area contributed by atoms with Crippen LogP contribution < -0.4 is 10.6 Å². The molecule has 2 rings (SSSR count). The van der Waals surface area contributed by atoms with Crippen LogP contribution in [0.5, 0.6) is 0 Å². The molecule has 0 aliphatic heterocycles. The number of rotatable bonds is 6. The van der Waals surface area contributed by atoms with Crippen LogP contribution in [0, 0.1) is 0 Å². The monoisotopic (exact) mass is 259 g/mol. The van der Waals surface area contributed by atoms with Crippen molar-refractivity contribution in [2.75, 3.05) is 6.54 Å². The zero-order valence-corrected chi connectivity index (χ0v) is 11.5. The predicted molar refractivity (Wildman–Crippen MR) is 77.9 cm³/mol. The van der Waals surface area contributed by atoms with Crippen molar-refractivity contribution in [3.8, 4) is 0 Å². The van der Waals surface area contributed by atoms with Gasteiger partial charge in [-0.15, -0.1) is 0 Å². The molecule has 1 aromatic heterocycles. The first-order chi connectivity index (χ1) is 9.16. The van der Waals surface area contributed by atoms with E-state index in [0.29, 0.717) is 13.0 Å². The minimum atomic E-state index is 0.0985. The fraction of sp³-hybridized carbons (Fsp3) is 0.400. The van der Waals surface area contributed by atoms with Gasteiger partial charge < -0.3 is 15.6 Å². The number of hydrogen-bond donors (Lipinski definition) is 3. The van der Waals surface area contributed by atoms with E-state index in [4.69, 9.17) is 0 Å². The van der Waals surface area contributed by atoms with Crippen molar-refractivity contribution in [2.24, 2.45) is 0 Å². The highest BCUT2D eigenvalue weighted by Gasteiger charge is 2.04. The van der Waals surface area contributed by atoms with Crippen LogP contribution in [0.15, 0.2) is 30.5 Å². The van der Waals surface area contributed by atoms with Crippen LogP contribution in [0.2, 0.25) is 0 Å². The lowest BCUT2D eigenvalue weighted by Gasteiger charge is -2.08. The molecule has 0 atom stereocenters. The van der Waals surface area contributed by atoms with Gasteiger partial charge in [-0.25, -0.2) is 0 Å². The maximum Gasteiger partial charge on any atom is 0.221 e. The van der Waals surface area contributed by atoms with Crippen LogP contribution >= 0.6 is 0 Å². The van der Waals surface area contributed by atoms with Crippen molar-refractivity contribution in [3.05, 3.63) is 36.0 Å². The van der Waals surface area contributed by atoms with E-state index < -0.39 is 0 Å². The van der Waals surface area contributed by atoms with Crippen LogP contribution in [0.3, 0.4) is 0 Å². The molecular weight excluding hydrogens is 238 g/mol. The lowest BCUT2D eigenvalue weighted by atomic mass is 10.2. The maximum absolute atomic E-state index is 11.5. The van der Waals surface area contributed by atoms with Gasteiger partial charge in [-0.1, -0.05) is 18.2 Å². The Labute approximate surface area is 113 Å². The Hall–Kier alpha value is -1.81. The molecule has 4 heteroatoms. The average Bonchev–Trinajstić information content (AvgIpc) is 2.77. The number of carbonyl (C=O) groups is 1.